The number of rotatable bonds is 12. The lowest BCUT2D eigenvalue weighted by Crippen LogP contribution is -2.48. The molecule has 0 aromatic heterocycles. The van der Waals surface area contributed by atoms with Crippen LogP contribution in [0.3, 0.4) is 0 Å². The minimum absolute atomic E-state index is 0.0521. The smallest absolute Gasteiger partial charge is 0.318 e. The Morgan fingerprint density at radius 1 is 1.06 bits per heavy atom. The number of hydrogen-bond donors (Lipinski definition) is 1. The van der Waals surface area contributed by atoms with Crippen molar-refractivity contribution in [1.29, 1.82) is 0 Å². The fourth-order valence-corrected chi connectivity index (χ4v) is 4.91. The van der Waals surface area contributed by atoms with Gasteiger partial charge >= 0.3 is 6.03 Å². The molecule has 0 radical (unpaired) electrons. The fourth-order valence-electron chi connectivity index (χ4n) is 4.78. The Morgan fingerprint density at radius 2 is 1.77 bits per heavy atom. The summed E-state index contributed by atoms with van der Waals surface area (Å²) in [6.45, 7) is 10.3. The second-order valence-electron chi connectivity index (χ2n) is 9.63. The van der Waals surface area contributed by atoms with Crippen molar-refractivity contribution in [2.45, 2.75) is 84.3 Å². The Balaban J connectivity index is 1.68. The Hall–Kier alpha value is -2.24. The van der Waals surface area contributed by atoms with E-state index >= 15 is 0 Å². The van der Waals surface area contributed by atoms with E-state index < -0.39 is 0 Å². The van der Waals surface area contributed by atoms with Crippen molar-refractivity contribution >= 4 is 17.6 Å². The predicted octanol–water partition coefficient (Wildman–Crippen LogP) is 7.49. The van der Waals surface area contributed by atoms with Crippen LogP contribution in [0.15, 0.2) is 48.5 Å². The molecule has 2 aromatic carbocycles. The van der Waals surface area contributed by atoms with Gasteiger partial charge in [0, 0.05) is 23.7 Å². The van der Waals surface area contributed by atoms with Crippen LogP contribution in [0.2, 0.25) is 5.02 Å². The first-order chi connectivity index (χ1) is 17.0. The molecule has 0 saturated heterocycles. The fraction of sp³-hybridized carbons (Fsp3) is 0.552. The highest BCUT2D eigenvalue weighted by Crippen LogP contribution is 2.25. The minimum atomic E-state index is 0.0521. The lowest BCUT2D eigenvalue weighted by Gasteiger charge is -2.33. The molecule has 1 aliphatic carbocycles. The highest BCUT2D eigenvalue weighted by molar-refractivity contribution is 6.30. The van der Waals surface area contributed by atoms with E-state index in [0.717, 1.165) is 62.4 Å². The largest absolute Gasteiger partial charge is 0.457 e. The van der Waals surface area contributed by atoms with Crippen LogP contribution < -0.4 is 10.1 Å². The van der Waals surface area contributed by atoms with E-state index in [4.69, 9.17) is 16.3 Å². The Morgan fingerprint density at radius 3 is 2.46 bits per heavy atom. The van der Waals surface area contributed by atoms with E-state index in [1.165, 1.54) is 19.3 Å². The van der Waals surface area contributed by atoms with E-state index in [9.17, 15) is 4.79 Å². The van der Waals surface area contributed by atoms with E-state index in [1.807, 2.05) is 47.4 Å². The zero-order chi connectivity index (χ0) is 25.0. The maximum Gasteiger partial charge on any atom is 0.318 e. The average Bonchev–Trinajstić information content (AvgIpc) is 2.87. The molecule has 1 fully saturated rings. The van der Waals surface area contributed by atoms with Crippen LogP contribution in [-0.2, 0) is 6.54 Å². The summed E-state index contributed by atoms with van der Waals surface area (Å²) in [4.78, 5) is 17.9. The molecule has 5 nitrogen and oxygen atoms in total. The van der Waals surface area contributed by atoms with Gasteiger partial charge in [0.15, 0.2) is 0 Å². The summed E-state index contributed by atoms with van der Waals surface area (Å²) in [5.74, 6) is 1.50. The molecular formula is C29H42ClN3O2. The molecule has 0 bridgehead atoms. The molecule has 1 atom stereocenters. The van der Waals surface area contributed by atoms with Gasteiger partial charge in [-0.3, -0.25) is 0 Å². The number of ether oxygens (including phenoxy) is 1. The predicted molar refractivity (Wildman–Crippen MR) is 145 cm³/mol. The third kappa shape index (κ3) is 9.05. The van der Waals surface area contributed by atoms with Gasteiger partial charge in [0.05, 0.1) is 0 Å². The molecule has 0 spiro atoms. The molecule has 6 heteroatoms. The molecule has 35 heavy (non-hydrogen) atoms. The Labute approximate surface area is 216 Å². The monoisotopic (exact) mass is 499 g/mol. The number of nitrogens with zero attached hydrogens (tertiary/aromatic N) is 2. The summed E-state index contributed by atoms with van der Waals surface area (Å²) >= 11 is 5.99. The van der Waals surface area contributed by atoms with Gasteiger partial charge in [0.1, 0.15) is 11.5 Å². The standard InChI is InChI=1S/C29H42ClN3O2/c1-4-32(5-2)20-10-11-23(3)33(29(34)31-26-13-7-6-8-14-26)22-24-12-9-15-28(21-24)35-27-18-16-25(30)17-19-27/h9,12,15-19,21,23,26H,4-8,10-11,13-14,20,22H2,1-3H3,(H,31,34). The normalized spacial score (nSPS) is 15.1. The topological polar surface area (TPSA) is 44.8 Å². The molecule has 1 unspecified atom stereocenters. The summed E-state index contributed by atoms with van der Waals surface area (Å²) in [5.41, 5.74) is 1.06. The molecule has 0 aliphatic heterocycles. The first kappa shape index (κ1) is 27.3. The third-order valence-electron chi connectivity index (χ3n) is 7.02. The van der Waals surface area contributed by atoms with Gasteiger partial charge in [-0.25, -0.2) is 4.79 Å². The second kappa shape index (κ2) is 14.4. The average molecular weight is 500 g/mol. The molecule has 2 aromatic rings. The van der Waals surface area contributed by atoms with Gasteiger partial charge in [0.2, 0.25) is 0 Å². The highest BCUT2D eigenvalue weighted by Gasteiger charge is 2.24. The summed E-state index contributed by atoms with van der Waals surface area (Å²) < 4.78 is 6.03. The van der Waals surface area contributed by atoms with Crippen molar-refractivity contribution < 1.29 is 9.53 Å². The minimum Gasteiger partial charge on any atom is -0.457 e. The molecule has 1 N–H and O–H groups in total. The van der Waals surface area contributed by atoms with Gasteiger partial charge in [0.25, 0.3) is 0 Å². The van der Waals surface area contributed by atoms with E-state index in [0.29, 0.717) is 17.6 Å². The zero-order valence-electron chi connectivity index (χ0n) is 21.6. The number of hydrogen-bond acceptors (Lipinski definition) is 3. The van der Waals surface area contributed by atoms with Crippen molar-refractivity contribution in [2.75, 3.05) is 19.6 Å². The van der Waals surface area contributed by atoms with E-state index in [-0.39, 0.29) is 12.1 Å². The van der Waals surface area contributed by atoms with Crippen LogP contribution in [0.4, 0.5) is 4.79 Å². The van der Waals surface area contributed by atoms with Crippen molar-refractivity contribution in [3.05, 3.63) is 59.1 Å². The van der Waals surface area contributed by atoms with Crippen LogP contribution in [0.25, 0.3) is 0 Å². The van der Waals surface area contributed by atoms with E-state index in [2.05, 4.69) is 37.1 Å². The molecule has 192 valence electrons. The zero-order valence-corrected chi connectivity index (χ0v) is 22.4. The van der Waals surface area contributed by atoms with Crippen LogP contribution in [0.5, 0.6) is 11.5 Å². The van der Waals surface area contributed by atoms with Crippen molar-refractivity contribution in [3.63, 3.8) is 0 Å². The highest BCUT2D eigenvalue weighted by atomic mass is 35.5. The molecule has 3 rings (SSSR count). The number of carbonyl (C=O) groups is 1. The number of carbonyl (C=O) groups excluding carboxylic acids is 1. The first-order valence-electron chi connectivity index (χ1n) is 13.3. The number of benzene rings is 2. The quantitative estimate of drug-likeness (QED) is 0.329. The number of amides is 2. The maximum absolute atomic E-state index is 13.4. The Kier molecular flexibility index (Phi) is 11.2. The molecule has 2 amide bonds. The molecule has 0 heterocycles. The molecule has 1 aliphatic rings. The van der Waals surface area contributed by atoms with Crippen molar-refractivity contribution in [2.24, 2.45) is 0 Å². The van der Waals surface area contributed by atoms with Gasteiger partial charge in [-0.15, -0.1) is 0 Å². The van der Waals surface area contributed by atoms with Crippen LogP contribution in [0, 0.1) is 0 Å². The third-order valence-corrected chi connectivity index (χ3v) is 7.27. The van der Waals surface area contributed by atoms with Crippen molar-refractivity contribution in [3.8, 4) is 11.5 Å². The van der Waals surface area contributed by atoms with Crippen LogP contribution in [-0.4, -0.2) is 47.5 Å². The van der Waals surface area contributed by atoms with Gasteiger partial charge in [-0.05, 0) is 94.2 Å². The van der Waals surface area contributed by atoms with Crippen LogP contribution >= 0.6 is 11.6 Å². The summed E-state index contributed by atoms with van der Waals surface area (Å²) in [6.07, 6.45) is 7.91. The summed E-state index contributed by atoms with van der Waals surface area (Å²) in [6, 6.07) is 15.9. The number of halogens is 1. The van der Waals surface area contributed by atoms with Crippen LogP contribution in [0.1, 0.15) is 71.3 Å². The number of nitrogens with one attached hydrogen (secondary N) is 1. The Bertz CT molecular complexity index is 895. The number of urea groups is 1. The first-order valence-corrected chi connectivity index (χ1v) is 13.7. The van der Waals surface area contributed by atoms with Gasteiger partial charge < -0.3 is 19.9 Å². The SMILES string of the molecule is CCN(CC)CCCC(C)N(Cc1cccc(Oc2ccc(Cl)cc2)c1)C(=O)NC1CCCCC1. The lowest BCUT2D eigenvalue weighted by atomic mass is 9.95. The maximum atomic E-state index is 13.4. The van der Waals surface area contributed by atoms with Gasteiger partial charge in [-0.2, -0.15) is 0 Å². The summed E-state index contributed by atoms with van der Waals surface area (Å²) in [5, 5.41) is 4.02. The lowest BCUT2D eigenvalue weighted by molar-refractivity contribution is 0.161. The molecular weight excluding hydrogens is 458 g/mol. The second-order valence-corrected chi connectivity index (χ2v) is 10.1. The van der Waals surface area contributed by atoms with E-state index in [1.54, 1.807) is 0 Å². The summed E-state index contributed by atoms with van der Waals surface area (Å²) in [7, 11) is 0. The van der Waals surface area contributed by atoms with Gasteiger partial charge in [-0.1, -0.05) is 56.8 Å². The molecule has 1 saturated carbocycles. The van der Waals surface area contributed by atoms with Crippen molar-refractivity contribution in [1.82, 2.24) is 15.1 Å².